The molecular weight excluding hydrogens is 250 g/mol. The number of alkyl carbamates (subject to hydrolysis) is 1. The van der Waals surface area contributed by atoms with E-state index in [1.54, 1.807) is 6.92 Å². The standard InChI is InChI=1S/C17H17NO2/c1-2-20-17(19)18-11-16-14-9-5-3-7-12(14)13-8-4-6-10-15(13)16/h3-10,16H,2,11H2,1H3,(H,18,19). The van der Waals surface area contributed by atoms with Gasteiger partial charge in [-0.1, -0.05) is 48.5 Å². The summed E-state index contributed by atoms with van der Waals surface area (Å²) in [6, 6.07) is 16.7. The lowest BCUT2D eigenvalue weighted by molar-refractivity contribution is 0.152. The van der Waals surface area contributed by atoms with E-state index >= 15 is 0 Å². The number of carbonyl (C=O) groups excluding carboxylic acids is 1. The topological polar surface area (TPSA) is 38.3 Å². The van der Waals surface area contributed by atoms with Gasteiger partial charge in [0.2, 0.25) is 0 Å². The predicted octanol–water partition coefficient (Wildman–Crippen LogP) is 3.55. The van der Waals surface area contributed by atoms with Gasteiger partial charge in [0.25, 0.3) is 0 Å². The lowest BCUT2D eigenvalue weighted by atomic mass is 9.97. The van der Waals surface area contributed by atoms with Crippen LogP contribution in [0.15, 0.2) is 48.5 Å². The summed E-state index contributed by atoms with van der Waals surface area (Å²) in [6.45, 7) is 2.76. The van der Waals surface area contributed by atoms with Crippen molar-refractivity contribution in [2.45, 2.75) is 12.8 Å². The summed E-state index contributed by atoms with van der Waals surface area (Å²) >= 11 is 0. The van der Waals surface area contributed by atoms with Crippen molar-refractivity contribution in [2.75, 3.05) is 13.2 Å². The molecule has 0 aromatic heterocycles. The maximum Gasteiger partial charge on any atom is 0.407 e. The number of hydrogen-bond acceptors (Lipinski definition) is 2. The summed E-state index contributed by atoms with van der Waals surface area (Å²) in [7, 11) is 0. The molecule has 0 fully saturated rings. The van der Waals surface area contributed by atoms with Crippen LogP contribution in [0.2, 0.25) is 0 Å². The molecule has 0 radical (unpaired) electrons. The van der Waals surface area contributed by atoms with Crippen LogP contribution in [0, 0.1) is 0 Å². The summed E-state index contributed by atoms with van der Waals surface area (Å²) in [5.74, 6) is 0.201. The second kappa shape index (κ2) is 5.37. The summed E-state index contributed by atoms with van der Waals surface area (Å²) in [4.78, 5) is 11.5. The molecule has 1 aliphatic rings. The number of ether oxygens (including phenoxy) is 1. The van der Waals surface area contributed by atoms with Gasteiger partial charge in [0, 0.05) is 12.5 Å². The number of nitrogens with one attached hydrogen (secondary N) is 1. The first-order chi connectivity index (χ1) is 9.81. The number of benzene rings is 2. The third-order valence-electron chi connectivity index (χ3n) is 3.69. The molecule has 3 nitrogen and oxygen atoms in total. The van der Waals surface area contributed by atoms with Crippen molar-refractivity contribution in [3.8, 4) is 11.1 Å². The van der Waals surface area contributed by atoms with E-state index in [0.717, 1.165) is 0 Å². The molecule has 0 atom stereocenters. The zero-order chi connectivity index (χ0) is 13.9. The van der Waals surface area contributed by atoms with Crippen molar-refractivity contribution < 1.29 is 9.53 Å². The number of fused-ring (bicyclic) bond motifs is 3. The van der Waals surface area contributed by atoms with Crippen LogP contribution in [0.4, 0.5) is 4.79 Å². The summed E-state index contributed by atoms with van der Waals surface area (Å²) < 4.78 is 4.93. The highest BCUT2D eigenvalue weighted by atomic mass is 16.5. The molecule has 3 rings (SSSR count). The minimum absolute atomic E-state index is 0.201. The van der Waals surface area contributed by atoms with Crippen LogP contribution in [-0.4, -0.2) is 19.2 Å². The first-order valence-electron chi connectivity index (χ1n) is 6.90. The molecule has 2 aromatic rings. The Morgan fingerprint density at radius 2 is 1.60 bits per heavy atom. The summed E-state index contributed by atoms with van der Waals surface area (Å²) in [5.41, 5.74) is 5.06. The number of carbonyl (C=O) groups is 1. The van der Waals surface area contributed by atoms with Crippen molar-refractivity contribution in [2.24, 2.45) is 0 Å². The van der Waals surface area contributed by atoms with Crippen LogP contribution < -0.4 is 5.32 Å². The van der Waals surface area contributed by atoms with Crippen LogP contribution in [0.1, 0.15) is 24.0 Å². The highest BCUT2D eigenvalue weighted by Gasteiger charge is 2.28. The second-order valence-corrected chi connectivity index (χ2v) is 4.83. The quantitative estimate of drug-likeness (QED) is 0.923. The van der Waals surface area contributed by atoms with E-state index in [1.807, 2.05) is 12.1 Å². The first kappa shape index (κ1) is 12.7. The van der Waals surface area contributed by atoms with Gasteiger partial charge in [0.05, 0.1) is 6.61 Å². The average Bonchev–Trinajstić information content (AvgIpc) is 2.80. The molecule has 20 heavy (non-hydrogen) atoms. The molecule has 3 heteroatoms. The minimum Gasteiger partial charge on any atom is -0.450 e. The van der Waals surface area contributed by atoms with E-state index in [4.69, 9.17) is 4.74 Å². The zero-order valence-electron chi connectivity index (χ0n) is 11.4. The monoisotopic (exact) mass is 267 g/mol. The van der Waals surface area contributed by atoms with E-state index in [0.29, 0.717) is 13.2 Å². The SMILES string of the molecule is CCOC(=O)NCC1c2ccccc2-c2ccccc21. The highest BCUT2D eigenvalue weighted by molar-refractivity contribution is 5.79. The molecule has 0 heterocycles. The normalized spacial score (nSPS) is 12.7. The van der Waals surface area contributed by atoms with Crippen molar-refractivity contribution in [3.05, 3.63) is 59.7 Å². The third-order valence-corrected chi connectivity index (χ3v) is 3.69. The molecule has 0 spiro atoms. The van der Waals surface area contributed by atoms with Crippen molar-refractivity contribution in [3.63, 3.8) is 0 Å². The Morgan fingerprint density at radius 3 is 2.15 bits per heavy atom. The Hall–Kier alpha value is -2.29. The Labute approximate surface area is 118 Å². The van der Waals surface area contributed by atoms with Gasteiger partial charge in [0.1, 0.15) is 0 Å². The molecule has 0 unspecified atom stereocenters. The molecule has 1 amide bonds. The van der Waals surface area contributed by atoms with E-state index in [9.17, 15) is 4.79 Å². The molecule has 0 bridgehead atoms. The minimum atomic E-state index is -0.352. The fourth-order valence-electron chi connectivity index (χ4n) is 2.85. The van der Waals surface area contributed by atoms with Gasteiger partial charge in [-0.15, -0.1) is 0 Å². The average molecular weight is 267 g/mol. The van der Waals surface area contributed by atoms with Gasteiger partial charge in [-0.2, -0.15) is 0 Å². The van der Waals surface area contributed by atoms with Crippen LogP contribution in [0.25, 0.3) is 11.1 Å². The smallest absolute Gasteiger partial charge is 0.407 e. The molecule has 1 N–H and O–H groups in total. The van der Waals surface area contributed by atoms with E-state index in [1.165, 1.54) is 22.3 Å². The van der Waals surface area contributed by atoms with Gasteiger partial charge in [-0.3, -0.25) is 0 Å². The summed E-state index contributed by atoms with van der Waals surface area (Å²) in [6.07, 6.45) is -0.352. The molecule has 0 aliphatic heterocycles. The number of rotatable bonds is 3. The highest BCUT2D eigenvalue weighted by Crippen LogP contribution is 2.43. The van der Waals surface area contributed by atoms with Gasteiger partial charge in [0.15, 0.2) is 0 Å². The van der Waals surface area contributed by atoms with Gasteiger partial charge in [-0.25, -0.2) is 4.79 Å². The van der Waals surface area contributed by atoms with Crippen molar-refractivity contribution >= 4 is 6.09 Å². The van der Waals surface area contributed by atoms with E-state index < -0.39 is 0 Å². The van der Waals surface area contributed by atoms with Gasteiger partial charge >= 0.3 is 6.09 Å². The Morgan fingerprint density at radius 1 is 1.05 bits per heavy atom. The largest absolute Gasteiger partial charge is 0.450 e. The van der Waals surface area contributed by atoms with Crippen molar-refractivity contribution in [1.29, 1.82) is 0 Å². The lowest BCUT2D eigenvalue weighted by Crippen LogP contribution is -2.28. The molecule has 2 aromatic carbocycles. The molecular formula is C17H17NO2. The molecule has 1 aliphatic carbocycles. The fraction of sp³-hybridized carbons (Fsp3) is 0.235. The van der Waals surface area contributed by atoms with Crippen LogP contribution in [-0.2, 0) is 4.74 Å². The van der Waals surface area contributed by atoms with E-state index in [-0.39, 0.29) is 12.0 Å². The maximum absolute atomic E-state index is 11.5. The number of amides is 1. The zero-order valence-corrected chi connectivity index (χ0v) is 11.4. The van der Waals surface area contributed by atoms with E-state index in [2.05, 4.69) is 41.7 Å². The Balaban J connectivity index is 1.89. The Kier molecular flexibility index (Phi) is 3.42. The third kappa shape index (κ3) is 2.16. The van der Waals surface area contributed by atoms with Crippen molar-refractivity contribution in [1.82, 2.24) is 5.32 Å². The maximum atomic E-state index is 11.5. The lowest BCUT2D eigenvalue weighted by Gasteiger charge is -2.14. The predicted molar refractivity (Wildman–Crippen MR) is 78.7 cm³/mol. The molecule has 102 valence electrons. The van der Waals surface area contributed by atoms with Crippen LogP contribution in [0.3, 0.4) is 0 Å². The van der Waals surface area contributed by atoms with Gasteiger partial charge in [-0.05, 0) is 29.2 Å². The second-order valence-electron chi connectivity index (χ2n) is 4.83. The molecule has 0 saturated heterocycles. The number of hydrogen-bond donors (Lipinski definition) is 1. The fourth-order valence-corrected chi connectivity index (χ4v) is 2.85. The Bertz CT molecular complexity index is 591. The summed E-state index contributed by atoms with van der Waals surface area (Å²) in [5, 5.41) is 2.85. The molecule has 0 saturated carbocycles. The first-order valence-corrected chi connectivity index (χ1v) is 6.90. The van der Waals surface area contributed by atoms with Crippen LogP contribution in [0.5, 0.6) is 0 Å². The van der Waals surface area contributed by atoms with Gasteiger partial charge < -0.3 is 10.1 Å². The van der Waals surface area contributed by atoms with Crippen LogP contribution >= 0.6 is 0 Å².